The van der Waals surface area contributed by atoms with E-state index in [1.54, 1.807) is 37.8 Å². The highest BCUT2D eigenvalue weighted by atomic mass is 32.1. The van der Waals surface area contributed by atoms with Crippen LogP contribution >= 0.6 is 11.3 Å². The number of hydrogen-bond acceptors (Lipinski definition) is 5. The Morgan fingerprint density at radius 1 is 1.08 bits per heavy atom. The number of benzene rings is 2. The molecular formula is C18H14F2N2O3S. The summed E-state index contributed by atoms with van der Waals surface area (Å²) in [7, 11) is 3.10. The number of carbonyl (C=O) groups excluding carboxylic acids is 1. The fraction of sp³-hybridized carbons (Fsp3) is 0.111. The third-order valence-electron chi connectivity index (χ3n) is 3.59. The molecule has 2 aromatic carbocycles. The van der Waals surface area contributed by atoms with Crippen molar-refractivity contribution in [3.63, 3.8) is 0 Å². The molecule has 0 atom stereocenters. The molecule has 0 spiro atoms. The maximum atomic E-state index is 13.3. The van der Waals surface area contributed by atoms with E-state index >= 15 is 0 Å². The average Bonchev–Trinajstić information content (AvgIpc) is 3.11. The highest BCUT2D eigenvalue weighted by Gasteiger charge is 2.15. The molecule has 0 aliphatic carbocycles. The van der Waals surface area contributed by atoms with Crippen molar-refractivity contribution in [3.8, 4) is 22.8 Å². The number of methoxy groups -OCH3 is 2. The predicted octanol–water partition coefficient (Wildman–Crippen LogP) is 4.36. The van der Waals surface area contributed by atoms with E-state index in [-0.39, 0.29) is 5.56 Å². The second-order valence-electron chi connectivity index (χ2n) is 5.19. The van der Waals surface area contributed by atoms with Crippen LogP contribution in [0.25, 0.3) is 11.3 Å². The van der Waals surface area contributed by atoms with E-state index in [0.29, 0.717) is 27.9 Å². The Kier molecular flexibility index (Phi) is 5.13. The average molecular weight is 376 g/mol. The van der Waals surface area contributed by atoms with Crippen LogP contribution in [0.4, 0.5) is 13.9 Å². The molecule has 0 saturated carbocycles. The van der Waals surface area contributed by atoms with Gasteiger partial charge < -0.3 is 9.47 Å². The maximum absolute atomic E-state index is 13.3. The van der Waals surface area contributed by atoms with Crippen LogP contribution in [-0.4, -0.2) is 25.1 Å². The third-order valence-corrected chi connectivity index (χ3v) is 4.35. The fourth-order valence-electron chi connectivity index (χ4n) is 2.28. The van der Waals surface area contributed by atoms with E-state index in [2.05, 4.69) is 10.3 Å². The zero-order valence-corrected chi connectivity index (χ0v) is 14.7. The zero-order chi connectivity index (χ0) is 18.7. The molecule has 8 heteroatoms. The van der Waals surface area contributed by atoms with Crippen molar-refractivity contribution in [3.05, 3.63) is 59.0 Å². The molecule has 0 fully saturated rings. The summed E-state index contributed by atoms with van der Waals surface area (Å²) in [5.41, 5.74) is 1.29. The SMILES string of the molecule is COc1ccc(OC)c(-c2csc(NC(=O)c3ccc(F)c(F)c3)n2)c1. The van der Waals surface area contributed by atoms with Crippen LogP contribution in [-0.2, 0) is 0 Å². The number of thiazole rings is 1. The van der Waals surface area contributed by atoms with Crippen molar-refractivity contribution in [2.45, 2.75) is 0 Å². The molecule has 0 unspecified atom stereocenters. The van der Waals surface area contributed by atoms with Crippen molar-refractivity contribution < 1.29 is 23.0 Å². The molecule has 1 aromatic heterocycles. The minimum atomic E-state index is -1.08. The Hall–Kier alpha value is -3.00. The predicted molar refractivity (Wildman–Crippen MR) is 95.0 cm³/mol. The molecule has 3 aromatic rings. The summed E-state index contributed by atoms with van der Waals surface area (Å²) < 4.78 is 36.8. The first-order valence-corrected chi connectivity index (χ1v) is 8.34. The van der Waals surface area contributed by atoms with Crippen LogP contribution < -0.4 is 14.8 Å². The fourth-order valence-corrected chi connectivity index (χ4v) is 2.98. The third kappa shape index (κ3) is 3.65. The highest BCUT2D eigenvalue weighted by molar-refractivity contribution is 7.14. The standard InChI is InChI=1S/C18H14F2N2O3S/c1-24-11-4-6-16(25-2)12(8-11)15-9-26-18(21-15)22-17(23)10-3-5-13(19)14(20)7-10/h3-9H,1-2H3,(H,21,22,23). The number of halogens is 2. The molecule has 5 nitrogen and oxygen atoms in total. The van der Waals surface area contributed by atoms with Gasteiger partial charge in [-0.1, -0.05) is 0 Å². The number of ether oxygens (including phenoxy) is 2. The van der Waals surface area contributed by atoms with E-state index in [1.165, 1.54) is 17.4 Å². The van der Waals surface area contributed by atoms with Crippen molar-refractivity contribution in [2.75, 3.05) is 19.5 Å². The van der Waals surface area contributed by atoms with Gasteiger partial charge in [0.1, 0.15) is 11.5 Å². The molecule has 26 heavy (non-hydrogen) atoms. The lowest BCUT2D eigenvalue weighted by molar-refractivity contribution is 0.102. The van der Waals surface area contributed by atoms with E-state index < -0.39 is 17.5 Å². The molecule has 1 N–H and O–H groups in total. The van der Waals surface area contributed by atoms with E-state index in [4.69, 9.17) is 9.47 Å². The van der Waals surface area contributed by atoms with E-state index in [9.17, 15) is 13.6 Å². The van der Waals surface area contributed by atoms with Crippen LogP contribution in [0.15, 0.2) is 41.8 Å². The monoisotopic (exact) mass is 376 g/mol. The molecule has 0 radical (unpaired) electrons. The molecular weight excluding hydrogens is 362 g/mol. The van der Waals surface area contributed by atoms with Crippen LogP contribution in [0.2, 0.25) is 0 Å². The number of anilines is 1. The van der Waals surface area contributed by atoms with E-state index in [0.717, 1.165) is 12.1 Å². The lowest BCUT2D eigenvalue weighted by Gasteiger charge is -2.08. The summed E-state index contributed by atoms with van der Waals surface area (Å²) in [6, 6.07) is 8.23. The van der Waals surface area contributed by atoms with Gasteiger partial charge in [-0.25, -0.2) is 13.8 Å². The number of nitrogens with one attached hydrogen (secondary N) is 1. The lowest BCUT2D eigenvalue weighted by atomic mass is 10.1. The summed E-state index contributed by atoms with van der Waals surface area (Å²) in [5, 5.41) is 4.64. The van der Waals surface area contributed by atoms with Gasteiger partial charge in [0.25, 0.3) is 5.91 Å². The number of carbonyl (C=O) groups is 1. The molecule has 3 rings (SSSR count). The molecule has 1 amide bonds. The summed E-state index contributed by atoms with van der Waals surface area (Å²) in [5.74, 6) is -1.43. The number of nitrogens with zero attached hydrogens (tertiary/aromatic N) is 1. The Morgan fingerprint density at radius 2 is 1.88 bits per heavy atom. The van der Waals surface area contributed by atoms with Gasteiger partial charge in [-0.2, -0.15) is 0 Å². The Bertz CT molecular complexity index is 959. The minimum Gasteiger partial charge on any atom is -0.497 e. The van der Waals surface area contributed by atoms with Crippen molar-refractivity contribution in [1.82, 2.24) is 4.98 Å². The second-order valence-corrected chi connectivity index (χ2v) is 6.05. The highest BCUT2D eigenvalue weighted by Crippen LogP contribution is 2.35. The largest absolute Gasteiger partial charge is 0.497 e. The quantitative estimate of drug-likeness (QED) is 0.719. The first-order valence-electron chi connectivity index (χ1n) is 7.46. The maximum Gasteiger partial charge on any atom is 0.257 e. The molecule has 1 heterocycles. The van der Waals surface area contributed by atoms with E-state index in [1.807, 2.05) is 0 Å². The Morgan fingerprint density at radius 3 is 2.58 bits per heavy atom. The van der Waals surface area contributed by atoms with Gasteiger partial charge in [0, 0.05) is 16.5 Å². The van der Waals surface area contributed by atoms with Crippen LogP contribution in [0.5, 0.6) is 11.5 Å². The van der Waals surface area contributed by atoms with Gasteiger partial charge in [-0.15, -0.1) is 11.3 Å². The lowest BCUT2D eigenvalue weighted by Crippen LogP contribution is -2.12. The second kappa shape index (κ2) is 7.49. The van der Waals surface area contributed by atoms with Crippen molar-refractivity contribution in [2.24, 2.45) is 0 Å². The zero-order valence-electron chi connectivity index (χ0n) is 13.9. The van der Waals surface area contributed by atoms with Crippen LogP contribution in [0.3, 0.4) is 0 Å². The Balaban J connectivity index is 1.84. The molecule has 0 bridgehead atoms. The summed E-state index contributed by atoms with van der Waals surface area (Å²) >= 11 is 1.20. The van der Waals surface area contributed by atoms with Crippen LogP contribution in [0, 0.1) is 11.6 Å². The van der Waals surface area contributed by atoms with Gasteiger partial charge >= 0.3 is 0 Å². The van der Waals surface area contributed by atoms with Gasteiger partial charge in [-0.3, -0.25) is 10.1 Å². The number of aromatic nitrogens is 1. The molecule has 0 aliphatic heterocycles. The minimum absolute atomic E-state index is 0.000360. The van der Waals surface area contributed by atoms with Gasteiger partial charge in [0.15, 0.2) is 16.8 Å². The smallest absolute Gasteiger partial charge is 0.257 e. The van der Waals surface area contributed by atoms with Gasteiger partial charge in [0.05, 0.1) is 19.9 Å². The molecule has 0 aliphatic rings. The summed E-state index contributed by atoms with van der Waals surface area (Å²) in [6.45, 7) is 0. The first kappa shape index (κ1) is 17.8. The number of amides is 1. The normalized spacial score (nSPS) is 10.5. The number of hydrogen-bond donors (Lipinski definition) is 1. The number of rotatable bonds is 5. The summed E-state index contributed by atoms with van der Waals surface area (Å²) in [6.07, 6.45) is 0. The molecule has 134 valence electrons. The van der Waals surface area contributed by atoms with Gasteiger partial charge in [-0.05, 0) is 36.4 Å². The van der Waals surface area contributed by atoms with Gasteiger partial charge in [0.2, 0.25) is 0 Å². The van der Waals surface area contributed by atoms with Crippen molar-refractivity contribution >= 4 is 22.4 Å². The molecule has 0 saturated heterocycles. The topological polar surface area (TPSA) is 60.5 Å². The first-order chi connectivity index (χ1) is 12.5. The van der Waals surface area contributed by atoms with Crippen LogP contribution in [0.1, 0.15) is 10.4 Å². The Labute approximate surface area is 152 Å². The summed E-state index contributed by atoms with van der Waals surface area (Å²) in [4.78, 5) is 16.5. The van der Waals surface area contributed by atoms with Crippen molar-refractivity contribution in [1.29, 1.82) is 0 Å².